The topological polar surface area (TPSA) is 120 Å². The number of benzene rings is 1. The molecule has 27 heavy (non-hydrogen) atoms. The van der Waals surface area contributed by atoms with Gasteiger partial charge >= 0.3 is 0 Å². The molecule has 2 heterocycles. The van der Waals surface area contributed by atoms with Gasteiger partial charge in [-0.05, 0) is 50.7 Å². The third kappa shape index (κ3) is 4.14. The Labute approximate surface area is 160 Å². The highest BCUT2D eigenvalue weighted by Crippen LogP contribution is 2.38. The predicted molar refractivity (Wildman–Crippen MR) is 107 cm³/mol. The molecular formula is C18H18N4O4S. The van der Waals surface area contributed by atoms with Crippen molar-refractivity contribution in [3.8, 4) is 11.3 Å². The minimum atomic E-state index is -0.429. The van der Waals surface area contributed by atoms with E-state index in [9.17, 15) is 10.1 Å². The number of nitrogens with two attached hydrogens (primary N) is 1. The average Bonchev–Trinajstić information content (AvgIpc) is 3.20. The van der Waals surface area contributed by atoms with E-state index in [4.69, 9.17) is 26.8 Å². The molecule has 0 bridgehead atoms. The fourth-order valence-corrected chi connectivity index (χ4v) is 2.81. The molecule has 3 N–H and O–H groups in total. The van der Waals surface area contributed by atoms with Crippen molar-refractivity contribution in [2.75, 3.05) is 0 Å². The van der Waals surface area contributed by atoms with E-state index < -0.39 is 4.92 Å². The standard InChI is InChI=1S/C18H18N4O4S/c1-10(20-21-18(19)27)3-6-16-17(15-7-4-11(2)25-15)13-9-12(22(23)24)5-8-14(13)26-16/h4-5,7-9H,3,6H2,1-2H3,(H3,19,21,27). The van der Waals surface area contributed by atoms with E-state index >= 15 is 0 Å². The number of hydrazone groups is 1. The van der Waals surface area contributed by atoms with Gasteiger partial charge in [0, 0.05) is 29.7 Å². The summed E-state index contributed by atoms with van der Waals surface area (Å²) < 4.78 is 11.7. The molecule has 0 unspecified atom stereocenters. The van der Waals surface area contributed by atoms with E-state index in [1.165, 1.54) is 12.1 Å². The van der Waals surface area contributed by atoms with E-state index in [1.807, 2.05) is 26.0 Å². The molecule has 0 amide bonds. The Morgan fingerprint density at radius 3 is 2.74 bits per heavy atom. The lowest BCUT2D eigenvalue weighted by Gasteiger charge is -2.02. The van der Waals surface area contributed by atoms with Crippen LogP contribution in [-0.2, 0) is 6.42 Å². The number of aryl methyl sites for hydroxylation is 2. The lowest BCUT2D eigenvalue weighted by atomic mass is 10.0. The number of nitro groups is 1. The zero-order valence-electron chi connectivity index (χ0n) is 14.8. The fourth-order valence-electron chi connectivity index (χ4n) is 2.77. The van der Waals surface area contributed by atoms with Crippen LogP contribution in [0.2, 0.25) is 0 Å². The highest BCUT2D eigenvalue weighted by atomic mass is 32.1. The molecule has 1 aromatic carbocycles. The van der Waals surface area contributed by atoms with Gasteiger partial charge in [-0.2, -0.15) is 5.10 Å². The third-order valence-corrected chi connectivity index (χ3v) is 4.10. The number of fused-ring (bicyclic) bond motifs is 1. The Kier molecular flexibility index (Phi) is 5.22. The predicted octanol–water partition coefficient (Wildman–Crippen LogP) is 4.05. The van der Waals surface area contributed by atoms with Crippen molar-refractivity contribution in [2.24, 2.45) is 10.8 Å². The lowest BCUT2D eigenvalue weighted by Crippen LogP contribution is -2.25. The van der Waals surface area contributed by atoms with Gasteiger partial charge in [-0.25, -0.2) is 0 Å². The number of hydrogen-bond donors (Lipinski definition) is 2. The molecular weight excluding hydrogens is 368 g/mol. The quantitative estimate of drug-likeness (QED) is 0.284. The van der Waals surface area contributed by atoms with Gasteiger partial charge in [0.15, 0.2) is 5.11 Å². The van der Waals surface area contributed by atoms with Gasteiger partial charge in [0.1, 0.15) is 22.9 Å². The van der Waals surface area contributed by atoms with Crippen molar-refractivity contribution in [3.05, 3.63) is 52.0 Å². The zero-order chi connectivity index (χ0) is 19.6. The van der Waals surface area contributed by atoms with E-state index in [-0.39, 0.29) is 10.8 Å². The Hall–Kier alpha value is -3.20. The molecule has 0 aliphatic heterocycles. The second-order valence-electron chi connectivity index (χ2n) is 6.07. The summed E-state index contributed by atoms with van der Waals surface area (Å²) in [6, 6.07) is 8.20. The van der Waals surface area contributed by atoms with Crippen LogP contribution in [0.1, 0.15) is 24.9 Å². The summed E-state index contributed by atoms with van der Waals surface area (Å²) in [7, 11) is 0. The maximum absolute atomic E-state index is 11.2. The Morgan fingerprint density at radius 2 is 2.11 bits per heavy atom. The van der Waals surface area contributed by atoms with Gasteiger partial charge in [0.25, 0.3) is 5.69 Å². The van der Waals surface area contributed by atoms with Crippen LogP contribution in [0.25, 0.3) is 22.3 Å². The monoisotopic (exact) mass is 386 g/mol. The highest BCUT2D eigenvalue weighted by Gasteiger charge is 2.21. The molecule has 0 atom stereocenters. The van der Waals surface area contributed by atoms with Crippen molar-refractivity contribution >= 4 is 39.7 Å². The summed E-state index contributed by atoms with van der Waals surface area (Å²) in [6.07, 6.45) is 1.12. The van der Waals surface area contributed by atoms with Crippen LogP contribution in [-0.4, -0.2) is 15.7 Å². The van der Waals surface area contributed by atoms with Gasteiger partial charge in [-0.1, -0.05) is 0 Å². The van der Waals surface area contributed by atoms with Crippen LogP contribution >= 0.6 is 12.2 Å². The molecule has 3 aromatic rings. The molecule has 0 spiro atoms. The van der Waals surface area contributed by atoms with Crippen LogP contribution in [0.15, 0.2) is 44.3 Å². The SMILES string of the molecule is CC(CCc1oc2ccc([N+](=O)[O-])cc2c1-c1ccc(C)o1)=NNC(N)=S. The summed E-state index contributed by atoms with van der Waals surface area (Å²) in [5, 5.41) is 16.0. The molecule has 9 heteroatoms. The molecule has 8 nitrogen and oxygen atoms in total. The van der Waals surface area contributed by atoms with Crippen molar-refractivity contribution in [3.63, 3.8) is 0 Å². The number of non-ortho nitro benzene ring substituents is 1. The summed E-state index contributed by atoms with van der Waals surface area (Å²) in [6.45, 7) is 3.68. The molecule has 0 aliphatic carbocycles. The first-order chi connectivity index (χ1) is 12.8. The lowest BCUT2D eigenvalue weighted by molar-refractivity contribution is -0.384. The Morgan fingerprint density at radius 1 is 1.33 bits per heavy atom. The van der Waals surface area contributed by atoms with Crippen LogP contribution in [0.4, 0.5) is 5.69 Å². The molecule has 0 saturated carbocycles. The second kappa shape index (κ2) is 7.58. The molecule has 2 aromatic heterocycles. The first-order valence-corrected chi connectivity index (χ1v) is 8.61. The molecule has 3 rings (SSSR count). The summed E-state index contributed by atoms with van der Waals surface area (Å²) in [5.41, 5.74) is 9.99. The molecule has 0 radical (unpaired) electrons. The van der Waals surface area contributed by atoms with E-state index in [2.05, 4.69) is 10.5 Å². The average molecular weight is 386 g/mol. The minimum Gasteiger partial charge on any atom is -0.461 e. The van der Waals surface area contributed by atoms with Crippen molar-refractivity contribution in [1.29, 1.82) is 0 Å². The number of nitrogens with zero attached hydrogens (tertiary/aromatic N) is 2. The number of nitro benzene ring substituents is 1. The molecule has 0 saturated heterocycles. The van der Waals surface area contributed by atoms with Crippen molar-refractivity contribution in [1.82, 2.24) is 5.43 Å². The summed E-state index contributed by atoms with van der Waals surface area (Å²) >= 11 is 4.73. The highest BCUT2D eigenvalue weighted by molar-refractivity contribution is 7.80. The van der Waals surface area contributed by atoms with Gasteiger partial charge in [-0.3, -0.25) is 15.5 Å². The van der Waals surface area contributed by atoms with E-state index in [0.29, 0.717) is 35.3 Å². The summed E-state index contributed by atoms with van der Waals surface area (Å²) in [5.74, 6) is 2.02. The minimum absolute atomic E-state index is 0.00206. The molecule has 0 fully saturated rings. The van der Waals surface area contributed by atoms with Crippen LogP contribution in [0.3, 0.4) is 0 Å². The van der Waals surface area contributed by atoms with Crippen LogP contribution in [0.5, 0.6) is 0 Å². The number of rotatable bonds is 6. The molecule has 0 aliphatic rings. The number of hydrogen-bond acceptors (Lipinski definition) is 6. The summed E-state index contributed by atoms with van der Waals surface area (Å²) in [4.78, 5) is 10.7. The Balaban J connectivity index is 2.02. The normalized spacial score (nSPS) is 11.7. The Bertz CT molecular complexity index is 1050. The van der Waals surface area contributed by atoms with Gasteiger partial charge in [0.2, 0.25) is 0 Å². The van der Waals surface area contributed by atoms with Gasteiger partial charge < -0.3 is 14.6 Å². The fraction of sp³-hybridized carbons (Fsp3) is 0.222. The maximum Gasteiger partial charge on any atom is 0.270 e. The first kappa shape index (κ1) is 18.6. The maximum atomic E-state index is 11.2. The van der Waals surface area contributed by atoms with Gasteiger partial charge in [-0.15, -0.1) is 0 Å². The van der Waals surface area contributed by atoms with Gasteiger partial charge in [0.05, 0.1) is 10.5 Å². The largest absolute Gasteiger partial charge is 0.461 e. The number of furan rings is 2. The van der Waals surface area contributed by atoms with E-state index in [0.717, 1.165) is 17.0 Å². The van der Waals surface area contributed by atoms with Crippen molar-refractivity contribution < 1.29 is 13.8 Å². The van der Waals surface area contributed by atoms with E-state index in [1.54, 1.807) is 6.07 Å². The smallest absolute Gasteiger partial charge is 0.270 e. The van der Waals surface area contributed by atoms with Crippen molar-refractivity contribution in [2.45, 2.75) is 26.7 Å². The third-order valence-electron chi connectivity index (χ3n) is 4.01. The second-order valence-corrected chi connectivity index (χ2v) is 6.51. The van der Waals surface area contributed by atoms with Crippen LogP contribution < -0.4 is 11.2 Å². The first-order valence-electron chi connectivity index (χ1n) is 8.20. The molecule has 140 valence electrons. The van der Waals surface area contributed by atoms with Crippen LogP contribution in [0, 0.1) is 17.0 Å². The zero-order valence-corrected chi connectivity index (χ0v) is 15.6. The number of thiocarbonyl (C=S) groups is 1. The number of nitrogens with one attached hydrogen (secondary N) is 1.